The summed E-state index contributed by atoms with van der Waals surface area (Å²) in [7, 11) is -2.37. The van der Waals surface area contributed by atoms with Gasteiger partial charge in [0.15, 0.2) is 0 Å². The number of hydrogen-bond donors (Lipinski definition) is 1. The zero-order valence-corrected chi connectivity index (χ0v) is 20.7. The molecule has 0 fully saturated rings. The maximum absolute atomic E-state index is 13.3. The maximum Gasteiger partial charge on any atom is 0.264 e. The Labute approximate surface area is 196 Å². The van der Waals surface area contributed by atoms with Crippen molar-refractivity contribution >= 4 is 50.4 Å². The van der Waals surface area contributed by atoms with Crippen LogP contribution in [0.3, 0.4) is 0 Å². The summed E-state index contributed by atoms with van der Waals surface area (Å²) in [6, 6.07) is 13.4. The van der Waals surface area contributed by atoms with Gasteiger partial charge in [0.1, 0.15) is 10.1 Å². The van der Waals surface area contributed by atoms with Crippen LogP contribution < -0.4 is 14.4 Å². The molecule has 10 heteroatoms. The molecular weight excluding hydrogens is 466 g/mol. The number of thiazole rings is 1. The van der Waals surface area contributed by atoms with Crippen LogP contribution in [0.25, 0.3) is 0 Å². The third-order valence-electron chi connectivity index (χ3n) is 4.73. The number of methoxy groups -OCH3 is 1. The van der Waals surface area contributed by atoms with E-state index >= 15 is 0 Å². The van der Waals surface area contributed by atoms with Gasteiger partial charge in [0, 0.05) is 11.4 Å². The summed E-state index contributed by atoms with van der Waals surface area (Å²) in [6.07, 6.45) is 2.09. The molecule has 0 radical (unpaired) electrons. The van der Waals surface area contributed by atoms with Crippen molar-refractivity contribution in [2.24, 2.45) is 0 Å². The van der Waals surface area contributed by atoms with E-state index < -0.39 is 10.0 Å². The molecule has 0 saturated heterocycles. The molecule has 0 aliphatic heterocycles. The first-order valence-electron chi connectivity index (χ1n) is 9.86. The fraction of sp³-hybridized carbons (Fsp3) is 0.273. The van der Waals surface area contributed by atoms with E-state index in [0.717, 1.165) is 14.9 Å². The molecule has 7 nitrogen and oxygen atoms in total. The number of thioether (sulfide) groups is 1. The van der Waals surface area contributed by atoms with Gasteiger partial charge >= 0.3 is 0 Å². The largest absolute Gasteiger partial charge is 0.495 e. The molecule has 1 aromatic heterocycles. The number of carbonyl (C=O) groups excluding carboxylic acids is 1. The molecule has 1 heterocycles. The molecule has 0 aliphatic rings. The number of ether oxygens (including phenoxy) is 1. The van der Waals surface area contributed by atoms with Crippen molar-refractivity contribution in [1.29, 1.82) is 0 Å². The summed E-state index contributed by atoms with van der Waals surface area (Å²) in [5.74, 6) is 0.110. The van der Waals surface area contributed by atoms with Crippen molar-refractivity contribution in [2.75, 3.05) is 29.5 Å². The summed E-state index contributed by atoms with van der Waals surface area (Å²) in [6.45, 7) is 3.91. The Morgan fingerprint density at radius 3 is 2.53 bits per heavy atom. The smallest absolute Gasteiger partial charge is 0.264 e. The Balaban J connectivity index is 1.89. The lowest BCUT2D eigenvalue weighted by Crippen LogP contribution is -2.30. The third kappa shape index (κ3) is 5.25. The van der Waals surface area contributed by atoms with Crippen LogP contribution >= 0.6 is 23.1 Å². The van der Waals surface area contributed by atoms with Crippen molar-refractivity contribution in [3.05, 3.63) is 59.1 Å². The van der Waals surface area contributed by atoms with Crippen LogP contribution in [0.5, 0.6) is 5.75 Å². The van der Waals surface area contributed by atoms with E-state index in [-0.39, 0.29) is 23.8 Å². The van der Waals surface area contributed by atoms with Crippen LogP contribution in [-0.4, -0.2) is 39.2 Å². The average molecular weight is 492 g/mol. The standard InChI is InChI=1S/C22H25N3O4S3/c1-5-25(16-9-7-6-8-10-16)32(27,28)17-11-12-19(29-3)18(13-17)24-21(26)14-20-15(2)23-22(30-4)31-20/h6-13H,5,14H2,1-4H3,(H,24,26). The van der Waals surface area contributed by atoms with Gasteiger partial charge in [-0.2, -0.15) is 0 Å². The quantitative estimate of drug-likeness (QED) is 0.441. The minimum absolute atomic E-state index is 0.0675. The lowest BCUT2D eigenvalue weighted by Gasteiger charge is -2.23. The molecule has 0 spiro atoms. The van der Waals surface area contributed by atoms with Crippen LogP contribution in [0.4, 0.5) is 11.4 Å². The molecule has 3 rings (SSSR count). The number of anilines is 2. The monoisotopic (exact) mass is 491 g/mol. The van der Waals surface area contributed by atoms with Crippen molar-refractivity contribution in [1.82, 2.24) is 4.98 Å². The van der Waals surface area contributed by atoms with Crippen molar-refractivity contribution in [3.8, 4) is 5.75 Å². The summed E-state index contributed by atoms with van der Waals surface area (Å²) in [4.78, 5) is 18.1. The Morgan fingerprint density at radius 2 is 1.94 bits per heavy atom. The fourth-order valence-corrected chi connectivity index (χ4v) is 6.30. The van der Waals surface area contributed by atoms with E-state index in [4.69, 9.17) is 4.74 Å². The van der Waals surface area contributed by atoms with Gasteiger partial charge in [-0.1, -0.05) is 30.0 Å². The number of nitrogens with zero attached hydrogens (tertiary/aromatic N) is 2. The van der Waals surface area contributed by atoms with Gasteiger partial charge < -0.3 is 10.1 Å². The van der Waals surface area contributed by atoms with Crippen molar-refractivity contribution in [2.45, 2.75) is 29.5 Å². The first kappa shape index (κ1) is 24.1. The van der Waals surface area contributed by atoms with E-state index in [1.165, 1.54) is 46.6 Å². The van der Waals surface area contributed by atoms with Gasteiger partial charge in [-0.3, -0.25) is 9.10 Å². The SMILES string of the molecule is CCN(c1ccccc1)S(=O)(=O)c1ccc(OC)c(NC(=O)Cc2sc(SC)nc2C)c1. The highest BCUT2D eigenvalue weighted by Gasteiger charge is 2.25. The average Bonchev–Trinajstić information content (AvgIpc) is 3.14. The van der Waals surface area contributed by atoms with Crippen molar-refractivity contribution < 1.29 is 17.9 Å². The zero-order chi connectivity index (χ0) is 23.3. The van der Waals surface area contributed by atoms with E-state index in [9.17, 15) is 13.2 Å². The molecule has 170 valence electrons. The zero-order valence-electron chi connectivity index (χ0n) is 18.3. The highest BCUT2D eigenvalue weighted by Crippen LogP contribution is 2.31. The number of rotatable bonds is 9. The first-order chi connectivity index (χ1) is 15.3. The van der Waals surface area contributed by atoms with Crippen LogP contribution in [0.1, 0.15) is 17.5 Å². The molecule has 0 unspecified atom stereocenters. The summed E-state index contributed by atoms with van der Waals surface area (Å²) >= 11 is 3.01. The van der Waals surface area contributed by atoms with Gasteiger partial charge in [-0.25, -0.2) is 13.4 Å². The second-order valence-corrected chi connectivity index (χ2v) is 10.8. The second kappa shape index (κ2) is 10.4. The normalized spacial score (nSPS) is 11.2. The van der Waals surface area contributed by atoms with Gasteiger partial charge in [-0.05, 0) is 50.4 Å². The maximum atomic E-state index is 13.3. The minimum Gasteiger partial charge on any atom is -0.495 e. The molecule has 2 aromatic carbocycles. The highest BCUT2D eigenvalue weighted by atomic mass is 32.2. The molecule has 3 aromatic rings. The summed E-state index contributed by atoms with van der Waals surface area (Å²) in [5.41, 5.74) is 1.69. The van der Waals surface area contributed by atoms with Crippen LogP contribution in [-0.2, 0) is 21.2 Å². The fourth-order valence-electron chi connectivity index (χ4n) is 3.15. The van der Waals surface area contributed by atoms with Gasteiger partial charge in [0.2, 0.25) is 5.91 Å². The van der Waals surface area contributed by atoms with E-state index in [2.05, 4.69) is 10.3 Å². The number of benzene rings is 2. The molecule has 0 bridgehead atoms. The van der Waals surface area contributed by atoms with Crippen LogP contribution in [0, 0.1) is 6.92 Å². The predicted octanol–water partition coefficient (Wildman–Crippen LogP) is 4.58. The summed E-state index contributed by atoms with van der Waals surface area (Å²) < 4.78 is 34.2. The number of para-hydroxylation sites is 1. The van der Waals surface area contributed by atoms with E-state index in [1.54, 1.807) is 37.3 Å². The summed E-state index contributed by atoms with van der Waals surface area (Å²) in [5, 5.41) is 2.80. The van der Waals surface area contributed by atoms with E-state index in [1.807, 2.05) is 19.2 Å². The number of aromatic nitrogens is 1. The Kier molecular flexibility index (Phi) is 7.81. The Hall–Kier alpha value is -2.56. The van der Waals surface area contributed by atoms with Crippen LogP contribution in [0.15, 0.2) is 57.8 Å². The van der Waals surface area contributed by atoms with Crippen LogP contribution in [0.2, 0.25) is 0 Å². The van der Waals surface area contributed by atoms with Gasteiger partial charge in [-0.15, -0.1) is 11.3 Å². The highest BCUT2D eigenvalue weighted by molar-refractivity contribution is 8.00. The number of sulfonamides is 1. The van der Waals surface area contributed by atoms with Gasteiger partial charge in [0.05, 0.1) is 35.5 Å². The number of carbonyl (C=O) groups is 1. The number of nitrogens with one attached hydrogen (secondary N) is 1. The molecular formula is C22H25N3O4S3. The third-order valence-corrected chi connectivity index (χ3v) is 8.77. The van der Waals surface area contributed by atoms with Crippen molar-refractivity contribution in [3.63, 3.8) is 0 Å². The first-order valence-corrected chi connectivity index (χ1v) is 13.3. The lowest BCUT2D eigenvalue weighted by atomic mass is 10.2. The number of amides is 1. The molecule has 0 saturated carbocycles. The molecule has 32 heavy (non-hydrogen) atoms. The molecule has 0 atom stereocenters. The Morgan fingerprint density at radius 1 is 1.22 bits per heavy atom. The van der Waals surface area contributed by atoms with E-state index in [0.29, 0.717) is 17.1 Å². The molecule has 1 amide bonds. The minimum atomic E-state index is -3.84. The molecule has 0 aliphatic carbocycles. The van der Waals surface area contributed by atoms with Gasteiger partial charge in [0.25, 0.3) is 10.0 Å². The predicted molar refractivity (Wildman–Crippen MR) is 131 cm³/mol. The number of aryl methyl sites for hydroxylation is 1. The second-order valence-electron chi connectivity index (χ2n) is 6.78. The topological polar surface area (TPSA) is 88.6 Å². The Bertz CT molecular complexity index is 1190. The number of hydrogen-bond acceptors (Lipinski definition) is 7. The lowest BCUT2D eigenvalue weighted by molar-refractivity contribution is -0.115. The molecule has 1 N–H and O–H groups in total.